The first-order valence-electron chi connectivity index (χ1n) is 9.52. The Bertz CT molecular complexity index is 1120. The van der Waals surface area contributed by atoms with Gasteiger partial charge in [0, 0.05) is 17.8 Å². The summed E-state index contributed by atoms with van der Waals surface area (Å²) in [6, 6.07) is 11.9. The maximum absolute atomic E-state index is 13.2. The van der Waals surface area contributed by atoms with Gasteiger partial charge >= 0.3 is 0 Å². The number of nitro groups is 1. The number of aromatic nitrogens is 2. The second-order valence-corrected chi connectivity index (χ2v) is 7.17. The van der Waals surface area contributed by atoms with Crippen LogP contribution in [0, 0.1) is 24.0 Å². The zero-order valence-corrected chi connectivity index (χ0v) is 17.0. The van der Waals surface area contributed by atoms with E-state index < -0.39 is 4.92 Å². The van der Waals surface area contributed by atoms with Gasteiger partial charge in [0.2, 0.25) is 0 Å². The smallest absolute Gasteiger partial charge is 0.280 e. The van der Waals surface area contributed by atoms with Gasteiger partial charge < -0.3 is 0 Å². The summed E-state index contributed by atoms with van der Waals surface area (Å²) in [6.07, 6.45) is 1.56. The molecule has 0 saturated carbocycles. The van der Waals surface area contributed by atoms with Crippen LogP contribution in [0.1, 0.15) is 42.7 Å². The number of aliphatic imine (C=N–C) groups is 1. The van der Waals surface area contributed by atoms with Gasteiger partial charge in [-0.1, -0.05) is 19.4 Å². The molecule has 29 heavy (non-hydrogen) atoms. The van der Waals surface area contributed by atoms with Gasteiger partial charge in [-0.3, -0.25) is 25.0 Å². The fraction of sp³-hybridized carbons (Fsp3) is 0.273. The molecule has 0 atom stereocenters. The minimum Gasteiger partial charge on any atom is -0.294 e. The first-order chi connectivity index (χ1) is 13.8. The monoisotopic (exact) mass is 392 g/mol. The quantitative estimate of drug-likeness (QED) is 0.371. The topological polar surface area (TPSA) is 93.3 Å². The molecule has 7 nitrogen and oxygen atoms in total. The van der Waals surface area contributed by atoms with Crippen molar-refractivity contribution in [2.45, 2.75) is 40.5 Å². The normalized spacial score (nSPS) is 11.7. The average molecular weight is 392 g/mol. The molecule has 3 rings (SSSR count). The van der Waals surface area contributed by atoms with Crippen LogP contribution in [0.2, 0.25) is 0 Å². The summed E-state index contributed by atoms with van der Waals surface area (Å²) in [7, 11) is 0. The van der Waals surface area contributed by atoms with Crippen LogP contribution in [0.3, 0.4) is 0 Å². The summed E-state index contributed by atoms with van der Waals surface area (Å²) in [4.78, 5) is 28.3. The molecule has 0 unspecified atom stereocenters. The second-order valence-electron chi connectivity index (χ2n) is 7.17. The van der Waals surface area contributed by atoms with Gasteiger partial charge in [-0.2, -0.15) is 0 Å². The average Bonchev–Trinajstić information content (AvgIpc) is 2.97. The van der Waals surface area contributed by atoms with E-state index >= 15 is 0 Å². The Morgan fingerprint density at radius 2 is 1.76 bits per heavy atom. The molecule has 0 aliphatic carbocycles. The van der Waals surface area contributed by atoms with Crippen molar-refractivity contribution >= 4 is 17.1 Å². The largest absolute Gasteiger partial charge is 0.294 e. The van der Waals surface area contributed by atoms with Gasteiger partial charge in [-0.05, 0) is 62.6 Å². The van der Waals surface area contributed by atoms with Crippen LogP contribution in [0.4, 0.5) is 11.4 Å². The Morgan fingerprint density at radius 3 is 2.31 bits per heavy atom. The Kier molecular flexibility index (Phi) is 5.77. The number of H-pyrrole nitrogens is 1. The molecule has 0 aliphatic rings. The van der Waals surface area contributed by atoms with E-state index in [0.29, 0.717) is 23.4 Å². The Balaban J connectivity index is 2.09. The molecule has 0 amide bonds. The van der Waals surface area contributed by atoms with Crippen molar-refractivity contribution in [3.8, 4) is 5.69 Å². The molecule has 0 spiro atoms. The van der Waals surface area contributed by atoms with Crippen molar-refractivity contribution in [2.24, 2.45) is 4.99 Å². The van der Waals surface area contributed by atoms with E-state index in [1.165, 1.54) is 16.8 Å². The third-order valence-corrected chi connectivity index (χ3v) is 4.65. The van der Waals surface area contributed by atoms with Crippen LogP contribution >= 0.6 is 0 Å². The van der Waals surface area contributed by atoms with Gasteiger partial charge in [0.25, 0.3) is 11.2 Å². The molecule has 1 heterocycles. The molecular formula is C22H24N4O3. The highest BCUT2D eigenvalue weighted by atomic mass is 16.6. The van der Waals surface area contributed by atoms with Crippen LogP contribution in [-0.4, -0.2) is 20.4 Å². The number of nitrogens with one attached hydrogen (secondary N) is 1. The number of hydrogen-bond acceptors (Lipinski definition) is 4. The van der Waals surface area contributed by atoms with Crippen molar-refractivity contribution in [3.63, 3.8) is 0 Å². The minimum atomic E-state index is -0.462. The fourth-order valence-corrected chi connectivity index (χ4v) is 3.46. The number of hydrogen-bond donors (Lipinski definition) is 1. The number of nitrogens with zero attached hydrogens (tertiary/aromatic N) is 3. The van der Waals surface area contributed by atoms with Crippen molar-refractivity contribution in [1.82, 2.24) is 9.78 Å². The van der Waals surface area contributed by atoms with Crippen LogP contribution in [0.25, 0.3) is 5.69 Å². The van der Waals surface area contributed by atoms with Crippen molar-refractivity contribution in [1.29, 1.82) is 0 Å². The Labute approximate surface area is 168 Å². The maximum Gasteiger partial charge on any atom is 0.280 e. The molecular weight excluding hydrogens is 368 g/mol. The van der Waals surface area contributed by atoms with Crippen molar-refractivity contribution in [3.05, 3.63) is 85.3 Å². The highest BCUT2D eigenvalue weighted by Crippen LogP contribution is 2.20. The van der Waals surface area contributed by atoms with Crippen LogP contribution < -0.4 is 5.56 Å². The standard InChI is InChI=1S/C22H24N4O3/c1-5-6-20-21(16(4)23-17-12-14(2)11-15(3)13-17)22(27)25(24-20)18-7-9-19(10-8-18)26(28)29/h7-13,24H,5-6H2,1-4H3. The Hall–Kier alpha value is -3.48. The number of nitro benzene ring substituents is 1. The van der Waals surface area contributed by atoms with Crippen molar-refractivity contribution in [2.75, 3.05) is 0 Å². The van der Waals surface area contributed by atoms with Gasteiger partial charge in [0.15, 0.2) is 0 Å². The van der Waals surface area contributed by atoms with Gasteiger partial charge in [-0.15, -0.1) is 0 Å². The lowest BCUT2D eigenvalue weighted by Crippen LogP contribution is -2.19. The molecule has 0 saturated heterocycles. The second kappa shape index (κ2) is 8.26. The molecule has 0 bridgehead atoms. The first-order valence-corrected chi connectivity index (χ1v) is 9.52. The summed E-state index contributed by atoms with van der Waals surface area (Å²) >= 11 is 0. The number of aromatic amines is 1. The summed E-state index contributed by atoms with van der Waals surface area (Å²) in [5.41, 5.74) is 5.34. The van der Waals surface area contributed by atoms with E-state index in [1.54, 1.807) is 12.1 Å². The summed E-state index contributed by atoms with van der Waals surface area (Å²) in [6.45, 7) is 7.91. The number of rotatable bonds is 6. The highest BCUT2D eigenvalue weighted by Gasteiger charge is 2.18. The Morgan fingerprint density at radius 1 is 1.14 bits per heavy atom. The zero-order chi connectivity index (χ0) is 21.1. The molecule has 7 heteroatoms. The van der Waals surface area contributed by atoms with E-state index in [4.69, 9.17) is 4.99 Å². The van der Waals surface area contributed by atoms with Crippen LogP contribution in [-0.2, 0) is 6.42 Å². The molecule has 2 aromatic carbocycles. The molecule has 1 N–H and O–H groups in total. The molecule has 150 valence electrons. The lowest BCUT2D eigenvalue weighted by atomic mass is 10.1. The van der Waals surface area contributed by atoms with Gasteiger partial charge in [-0.25, -0.2) is 4.68 Å². The first kappa shape index (κ1) is 20.3. The third-order valence-electron chi connectivity index (χ3n) is 4.65. The lowest BCUT2D eigenvalue weighted by molar-refractivity contribution is -0.384. The van der Waals surface area contributed by atoms with Gasteiger partial charge in [0.05, 0.1) is 27.6 Å². The van der Waals surface area contributed by atoms with Crippen LogP contribution in [0.5, 0.6) is 0 Å². The van der Waals surface area contributed by atoms with Crippen molar-refractivity contribution < 1.29 is 4.92 Å². The summed E-state index contributed by atoms with van der Waals surface area (Å²) < 4.78 is 1.42. The summed E-state index contributed by atoms with van der Waals surface area (Å²) in [5.74, 6) is 0. The molecule has 0 aliphatic heterocycles. The summed E-state index contributed by atoms with van der Waals surface area (Å²) in [5, 5.41) is 14.0. The van der Waals surface area contributed by atoms with E-state index in [9.17, 15) is 14.9 Å². The lowest BCUT2D eigenvalue weighted by Gasteiger charge is -2.03. The zero-order valence-electron chi connectivity index (χ0n) is 17.0. The molecule has 0 fully saturated rings. The fourth-order valence-electron chi connectivity index (χ4n) is 3.46. The molecule has 3 aromatic rings. The third kappa shape index (κ3) is 4.34. The van der Waals surface area contributed by atoms with E-state index in [2.05, 4.69) is 11.2 Å². The van der Waals surface area contributed by atoms with Crippen LogP contribution in [0.15, 0.2) is 52.3 Å². The van der Waals surface area contributed by atoms with E-state index in [1.807, 2.05) is 39.8 Å². The SMILES string of the molecule is CCCc1[nH]n(-c2ccc([N+](=O)[O-])cc2)c(=O)c1C(C)=Nc1cc(C)cc(C)c1. The van der Waals surface area contributed by atoms with E-state index in [0.717, 1.165) is 28.9 Å². The van der Waals surface area contributed by atoms with Gasteiger partial charge in [0.1, 0.15) is 0 Å². The predicted octanol–water partition coefficient (Wildman–Crippen LogP) is 4.78. The number of benzene rings is 2. The molecule has 1 aromatic heterocycles. The highest BCUT2D eigenvalue weighted by molar-refractivity contribution is 6.01. The van der Waals surface area contributed by atoms with E-state index in [-0.39, 0.29) is 11.2 Å². The predicted molar refractivity (Wildman–Crippen MR) is 115 cm³/mol. The number of aryl methyl sites for hydroxylation is 3. The molecule has 0 radical (unpaired) electrons. The number of non-ortho nitro benzene ring substituents is 1. The maximum atomic E-state index is 13.2. The minimum absolute atomic E-state index is 0.0186.